The molecule has 4 aromatic rings. The van der Waals surface area contributed by atoms with Crippen LogP contribution in [0.25, 0.3) is 10.2 Å². The number of aryl methyl sites for hydroxylation is 1. The van der Waals surface area contributed by atoms with Gasteiger partial charge in [-0.25, -0.2) is 4.98 Å². The standard InChI is InChI=1S/C25H20N2O6S/c1-3-32-16-9-10-17-19(12-16)34-25(26-17)27-21(14-5-7-15(28)8-6-14)20(23(30)24(27)31)22(29)18-11-4-13(2)33-18/h4-12,21,28,30H,3H2,1-2H3. The highest BCUT2D eigenvalue weighted by atomic mass is 32.1. The molecule has 1 unspecified atom stereocenters. The fourth-order valence-corrected chi connectivity index (χ4v) is 4.97. The number of phenols is 1. The van der Waals surface area contributed by atoms with E-state index in [2.05, 4.69) is 4.98 Å². The summed E-state index contributed by atoms with van der Waals surface area (Å²) in [6.07, 6.45) is 0. The smallest absolute Gasteiger partial charge is 0.296 e. The highest BCUT2D eigenvalue weighted by Crippen LogP contribution is 2.44. The number of thiazole rings is 1. The lowest BCUT2D eigenvalue weighted by molar-refractivity contribution is -0.117. The molecule has 1 atom stereocenters. The summed E-state index contributed by atoms with van der Waals surface area (Å²) in [7, 11) is 0. The number of rotatable bonds is 6. The zero-order chi connectivity index (χ0) is 24.0. The number of anilines is 1. The minimum Gasteiger partial charge on any atom is -0.508 e. The summed E-state index contributed by atoms with van der Waals surface area (Å²) in [6, 6.07) is 13.7. The van der Waals surface area contributed by atoms with E-state index < -0.39 is 23.5 Å². The highest BCUT2D eigenvalue weighted by Gasteiger charge is 2.46. The first-order valence-corrected chi connectivity index (χ1v) is 11.4. The maximum Gasteiger partial charge on any atom is 0.296 e. The van der Waals surface area contributed by atoms with Gasteiger partial charge in [-0.15, -0.1) is 0 Å². The number of ketones is 1. The van der Waals surface area contributed by atoms with Gasteiger partial charge in [0.25, 0.3) is 5.91 Å². The highest BCUT2D eigenvalue weighted by molar-refractivity contribution is 7.22. The second-order valence-electron chi connectivity index (χ2n) is 7.73. The molecule has 172 valence electrons. The molecular weight excluding hydrogens is 456 g/mol. The van der Waals surface area contributed by atoms with Crippen LogP contribution >= 0.6 is 11.3 Å². The van der Waals surface area contributed by atoms with Crippen molar-refractivity contribution in [1.29, 1.82) is 0 Å². The lowest BCUT2D eigenvalue weighted by Gasteiger charge is -2.24. The van der Waals surface area contributed by atoms with Crippen LogP contribution in [-0.2, 0) is 4.79 Å². The third-order valence-corrected chi connectivity index (χ3v) is 6.51. The van der Waals surface area contributed by atoms with E-state index in [1.165, 1.54) is 34.4 Å². The Morgan fingerprint density at radius 1 is 1.15 bits per heavy atom. The number of aromatic hydroxyl groups is 1. The van der Waals surface area contributed by atoms with Gasteiger partial charge in [0.15, 0.2) is 16.7 Å². The molecule has 9 heteroatoms. The normalized spacial score (nSPS) is 16.0. The molecule has 0 aliphatic carbocycles. The van der Waals surface area contributed by atoms with Crippen molar-refractivity contribution in [3.63, 3.8) is 0 Å². The average molecular weight is 477 g/mol. The monoisotopic (exact) mass is 476 g/mol. The predicted molar refractivity (Wildman–Crippen MR) is 127 cm³/mol. The number of amides is 1. The molecule has 2 N–H and O–H groups in total. The molecule has 1 aliphatic heterocycles. The second kappa shape index (κ2) is 8.35. The fourth-order valence-electron chi connectivity index (χ4n) is 3.95. The maximum atomic E-state index is 13.4. The molecule has 0 spiro atoms. The van der Waals surface area contributed by atoms with E-state index in [0.29, 0.717) is 34.3 Å². The third-order valence-electron chi connectivity index (χ3n) is 5.49. The SMILES string of the molecule is CCOc1ccc2nc(N3C(=O)C(O)=C(C(=O)c4ccc(C)o4)C3c3ccc(O)cc3)sc2c1. The Morgan fingerprint density at radius 3 is 2.59 bits per heavy atom. The van der Waals surface area contributed by atoms with Crippen molar-refractivity contribution in [1.82, 2.24) is 4.98 Å². The van der Waals surface area contributed by atoms with Gasteiger partial charge in [0, 0.05) is 0 Å². The molecular formula is C25H20N2O6S. The Kier molecular flexibility index (Phi) is 5.33. The molecule has 34 heavy (non-hydrogen) atoms. The summed E-state index contributed by atoms with van der Waals surface area (Å²) in [5.74, 6) is -0.742. The summed E-state index contributed by atoms with van der Waals surface area (Å²) >= 11 is 1.25. The number of phenolic OH excluding ortho intramolecular Hbond substituents is 1. The molecule has 5 rings (SSSR count). The molecule has 1 amide bonds. The van der Waals surface area contributed by atoms with Gasteiger partial charge in [0.2, 0.25) is 5.78 Å². The van der Waals surface area contributed by atoms with E-state index in [1.807, 2.05) is 13.0 Å². The number of fused-ring (bicyclic) bond motifs is 1. The summed E-state index contributed by atoms with van der Waals surface area (Å²) < 4.78 is 11.8. The van der Waals surface area contributed by atoms with Crippen molar-refractivity contribution >= 4 is 38.4 Å². The molecule has 0 fully saturated rings. The number of nitrogens with zero attached hydrogens (tertiary/aromatic N) is 2. The van der Waals surface area contributed by atoms with E-state index in [1.54, 1.807) is 37.3 Å². The van der Waals surface area contributed by atoms with Crippen molar-refractivity contribution in [3.8, 4) is 11.5 Å². The number of aromatic nitrogens is 1. The predicted octanol–water partition coefficient (Wildman–Crippen LogP) is 5.08. The van der Waals surface area contributed by atoms with Gasteiger partial charge in [-0.05, 0) is 61.9 Å². The third kappa shape index (κ3) is 3.60. The second-order valence-corrected chi connectivity index (χ2v) is 8.74. The van der Waals surface area contributed by atoms with Crippen LogP contribution in [0.5, 0.6) is 11.5 Å². The maximum absolute atomic E-state index is 13.4. The molecule has 2 aromatic heterocycles. The molecule has 1 aliphatic rings. The van der Waals surface area contributed by atoms with Crippen LogP contribution in [0.1, 0.15) is 34.8 Å². The number of carbonyl (C=O) groups is 2. The van der Waals surface area contributed by atoms with Crippen LogP contribution in [-0.4, -0.2) is 33.5 Å². The Balaban J connectivity index is 1.64. The molecule has 8 nitrogen and oxygen atoms in total. The van der Waals surface area contributed by atoms with Gasteiger partial charge in [-0.2, -0.15) is 0 Å². The largest absolute Gasteiger partial charge is 0.508 e. The lowest BCUT2D eigenvalue weighted by Crippen LogP contribution is -2.30. The number of furan rings is 1. The first kappa shape index (κ1) is 21.7. The molecule has 0 radical (unpaired) electrons. The number of aliphatic hydroxyl groups is 1. The molecule has 3 heterocycles. The van der Waals surface area contributed by atoms with Crippen molar-refractivity contribution in [2.75, 3.05) is 11.5 Å². The van der Waals surface area contributed by atoms with Gasteiger partial charge < -0.3 is 19.4 Å². The first-order valence-electron chi connectivity index (χ1n) is 10.6. The van der Waals surface area contributed by atoms with Gasteiger partial charge in [-0.1, -0.05) is 23.5 Å². The van der Waals surface area contributed by atoms with Gasteiger partial charge in [-0.3, -0.25) is 14.5 Å². The minimum absolute atomic E-state index is 0.0168. The molecule has 0 bridgehead atoms. The van der Waals surface area contributed by atoms with Crippen LogP contribution in [0.2, 0.25) is 0 Å². The van der Waals surface area contributed by atoms with Gasteiger partial charge in [0.05, 0.1) is 28.4 Å². The first-order chi connectivity index (χ1) is 16.4. The van der Waals surface area contributed by atoms with Gasteiger partial charge in [0.1, 0.15) is 17.3 Å². The van der Waals surface area contributed by atoms with E-state index >= 15 is 0 Å². The zero-order valence-corrected chi connectivity index (χ0v) is 19.1. The number of ether oxygens (including phenoxy) is 1. The van der Waals surface area contributed by atoms with Crippen LogP contribution < -0.4 is 9.64 Å². The number of Topliss-reactive ketones (excluding diaryl/α,β-unsaturated/α-hetero) is 1. The molecule has 0 saturated carbocycles. The Hall–Kier alpha value is -4.11. The van der Waals surface area contributed by atoms with E-state index in [4.69, 9.17) is 9.15 Å². The van der Waals surface area contributed by atoms with Crippen LogP contribution in [0.3, 0.4) is 0 Å². The fraction of sp³-hybridized carbons (Fsp3) is 0.160. The topological polar surface area (TPSA) is 113 Å². The Morgan fingerprint density at radius 2 is 1.91 bits per heavy atom. The number of benzene rings is 2. The Labute approximate surface area is 198 Å². The van der Waals surface area contributed by atoms with Crippen LogP contribution in [0, 0.1) is 6.92 Å². The summed E-state index contributed by atoms with van der Waals surface area (Å²) in [4.78, 5) is 32.5. The van der Waals surface area contributed by atoms with Crippen molar-refractivity contribution < 1.29 is 29.0 Å². The van der Waals surface area contributed by atoms with Gasteiger partial charge >= 0.3 is 0 Å². The molecule has 2 aromatic carbocycles. The Bertz CT molecular complexity index is 1450. The average Bonchev–Trinajstić information content (AvgIpc) is 3.50. The number of hydrogen-bond donors (Lipinski definition) is 2. The quantitative estimate of drug-likeness (QED) is 0.373. The van der Waals surface area contributed by atoms with Crippen LogP contribution in [0.4, 0.5) is 5.13 Å². The van der Waals surface area contributed by atoms with Crippen molar-refractivity contribution in [2.24, 2.45) is 0 Å². The van der Waals surface area contributed by atoms with Crippen molar-refractivity contribution in [3.05, 3.63) is 83.0 Å². The number of aliphatic hydroxyl groups excluding tert-OH is 1. The zero-order valence-electron chi connectivity index (χ0n) is 18.3. The number of carbonyl (C=O) groups excluding carboxylic acids is 2. The summed E-state index contributed by atoms with van der Waals surface area (Å²) in [6.45, 7) is 4.10. The molecule has 0 saturated heterocycles. The minimum atomic E-state index is -0.960. The lowest BCUT2D eigenvalue weighted by atomic mass is 9.95. The van der Waals surface area contributed by atoms with E-state index in [0.717, 1.165) is 4.70 Å². The summed E-state index contributed by atoms with van der Waals surface area (Å²) in [5.41, 5.74) is 1.07. The summed E-state index contributed by atoms with van der Waals surface area (Å²) in [5, 5.41) is 20.9. The number of hydrogen-bond acceptors (Lipinski definition) is 8. The van der Waals surface area contributed by atoms with E-state index in [9.17, 15) is 19.8 Å². The van der Waals surface area contributed by atoms with Crippen LogP contribution in [0.15, 0.2) is 70.3 Å². The van der Waals surface area contributed by atoms with E-state index in [-0.39, 0.29) is 17.1 Å². The van der Waals surface area contributed by atoms with Crippen molar-refractivity contribution in [2.45, 2.75) is 19.9 Å².